The van der Waals surface area contributed by atoms with Crippen LogP contribution in [0.5, 0.6) is 0 Å². The monoisotopic (exact) mass is 473 g/mol. The van der Waals surface area contributed by atoms with Gasteiger partial charge in [-0.25, -0.2) is 8.42 Å². The molecule has 0 unspecified atom stereocenters. The quantitative estimate of drug-likeness (QED) is 0.617. The average Bonchev–Trinajstić information content (AvgIpc) is 3.30. The molecular weight excluding hydrogens is 446 g/mol. The standard InChI is InChI=1S/C27H27N3O3S/c1-18-5-3-4-6-26(18)34(32,33)30-14-13-22-25(17-31)29(2)24-12-11-21(15-23(24)27(22)30)20-9-7-19(16-28)8-10-20/h3-12,15,22,25,27,31H,13-14,17H2,1-2H3/t22-,25-,27-/m0/s1. The van der Waals surface area contributed by atoms with Gasteiger partial charge in [0, 0.05) is 25.2 Å². The summed E-state index contributed by atoms with van der Waals surface area (Å²) in [5, 5.41) is 19.3. The Morgan fingerprint density at radius 2 is 1.76 bits per heavy atom. The van der Waals surface area contributed by atoms with Crippen molar-refractivity contribution in [2.75, 3.05) is 25.1 Å². The second-order valence-electron chi connectivity index (χ2n) is 9.10. The summed E-state index contributed by atoms with van der Waals surface area (Å²) in [6.07, 6.45) is 0.686. The van der Waals surface area contributed by atoms with Gasteiger partial charge in [0.05, 0.1) is 35.2 Å². The van der Waals surface area contributed by atoms with Crippen LogP contribution in [0, 0.1) is 24.2 Å². The van der Waals surface area contributed by atoms with E-state index in [2.05, 4.69) is 17.0 Å². The lowest BCUT2D eigenvalue weighted by molar-refractivity contribution is 0.193. The molecule has 0 aromatic heterocycles. The minimum absolute atomic E-state index is 0.0162. The topological polar surface area (TPSA) is 84.6 Å². The SMILES string of the molecule is Cc1ccccc1S(=O)(=O)N1CC[C@@H]2[C@H]1c1cc(-c3ccc(C#N)cc3)ccc1N(C)[C@H]2CO. The van der Waals surface area contributed by atoms with Crippen LogP contribution >= 0.6 is 0 Å². The summed E-state index contributed by atoms with van der Waals surface area (Å²) in [4.78, 5) is 2.42. The fourth-order valence-corrected chi connectivity index (χ4v) is 7.46. The Bertz CT molecular complexity index is 1380. The Morgan fingerprint density at radius 3 is 2.44 bits per heavy atom. The molecule has 0 aliphatic carbocycles. The summed E-state index contributed by atoms with van der Waals surface area (Å²) in [5.74, 6) is -0.0162. The van der Waals surface area contributed by atoms with Crippen molar-refractivity contribution in [1.82, 2.24) is 4.31 Å². The van der Waals surface area contributed by atoms with Crippen molar-refractivity contribution in [1.29, 1.82) is 5.26 Å². The van der Waals surface area contributed by atoms with Gasteiger partial charge in [0.1, 0.15) is 0 Å². The third-order valence-electron chi connectivity index (χ3n) is 7.33. The number of hydrogen-bond donors (Lipinski definition) is 1. The Hall–Kier alpha value is -3.18. The highest BCUT2D eigenvalue weighted by atomic mass is 32.2. The van der Waals surface area contributed by atoms with Crippen LogP contribution in [-0.4, -0.2) is 44.1 Å². The van der Waals surface area contributed by atoms with Crippen LogP contribution in [0.25, 0.3) is 11.1 Å². The van der Waals surface area contributed by atoms with Crippen molar-refractivity contribution in [3.8, 4) is 17.2 Å². The first-order valence-electron chi connectivity index (χ1n) is 11.4. The molecule has 0 spiro atoms. The third kappa shape index (κ3) is 3.50. The predicted molar refractivity (Wildman–Crippen MR) is 132 cm³/mol. The molecule has 5 rings (SSSR count). The van der Waals surface area contributed by atoms with Gasteiger partial charge in [-0.3, -0.25) is 0 Å². The maximum atomic E-state index is 13.8. The van der Waals surface area contributed by atoms with E-state index in [1.807, 2.05) is 50.4 Å². The molecule has 2 heterocycles. The zero-order valence-electron chi connectivity index (χ0n) is 19.2. The largest absolute Gasteiger partial charge is 0.394 e. The average molecular weight is 474 g/mol. The van der Waals surface area contributed by atoms with E-state index >= 15 is 0 Å². The van der Waals surface area contributed by atoms with E-state index in [0.717, 1.165) is 27.9 Å². The lowest BCUT2D eigenvalue weighted by Gasteiger charge is -2.44. The van der Waals surface area contributed by atoms with E-state index in [4.69, 9.17) is 5.26 Å². The smallest absolute Gasteiger partial charge is 0.243 e. The van der Waals surface area contributed by atoms with Crippen LogP contribution < -0.4 is 4.90 Å². The number of rotatable bonds is 4. The number of benzene rings is 3. The summed E-state index contributed by atoms with van der Waals surface area (Å²) in [6.45, 7) is 2.20. The highest BCUT2D eigenvalue weighted by Crippen LogP contribution is 2.51. The molecule has 34 heavy (non-hydrogen) atoms. The lowest BCUT2D eigenvalue weighted by Crippen LogP contribution is -2.48. The van der Waals surface area contributed by atoms with E-state index in [1.165, 1.54) is 0 Å². The Balaban J connectivity index is 1.65. The molecule has 3 aromatic rings. The number of nitrogens with zero attached hydrogens (tertiary/aromatic N) is 3. The fourth-order valence-electron chi connectivity index (χ4n) is 5.57. The summed E-state index contributed by atoms with van der Waals surface area (Å²) in [5.41, 5.74) is 5.15. The number of nitriles is 1. The molecule has 1 saturated heterocycles. The summed E-state index contributed by atoms with van der Waals surface area (Å²) in [6, 6.07) is 22.2. The second kappa shape index (κ2) is 8.55. The van der Waals surface area contributed by atoms with Gasteiger partial charge in [-0.15, -0.1) is 0 Å². The van der Waals surface area contributed by atoms with Gasteiger partial charge >= 0.3 is 0 Å². The highest BCUT2D eigenvalue weighted by Gasteiger charge is 2.50. The molecule has 0 radical (unpaired) electrons. The maximum absolute atomic E-state index is 13.8. The minimum atomic E-state index is -3.72. The van der Waals surface area contributed by atoms with Crippen molar-refractivity contribution in [3.05, 3.63) is 83.4 Å². The van der Waals surface area contributed by atoms with Gasteiger partial charge in [-0.2, -0.15) is 9.57 Å². The number of aliphatic hydroxyl groups is 1. The summed E-state index contributed by atoms with van der Waals surface area (Å²) < 4.78 is 29.3. The molecule has 3 aromatic carbocycles. The van der Waals surface area contributed by atoms with Crippen molar-refractivity contribution in [3.63, 3.8) is 0 Å². The zero-order chi connectivity index (χ0) is 24.0. The molecule has 6 nitrogen and oxygen atoms in total. The summed E-state index contributed by atoms with van der Waals surface area (Å²) in [7, 11) is -1.75. The molecule has 1 fully saturated rings. The van der Waals surface area contributed by atoms with Crippen LogP contribution in [0.15, 0.2) is 71.6 Å². The maximum Gasteiger partial charge on any atom is 0.243 e. The van der Waals surface area contributed by atoms with Crippen LogP contribution in [0.4, 0.5) is 5.69 Å². The predicted octanol–water partition coefficient (Wildman–Crippen LogP) is 4.10. The van der Waals surface area contributed by atoms with E-state index in [-0.39, 0.29) is 24.6 Å². The second-order valence-corrected chi connectivity index (χ2v) is 11.0. The van der Waals surface area contributed by atoms with Crippen molar-refractivity contribution in [2.45, 2.75) is 30.3 Å². The number of aryl methyl sites for hydroxylation is 1. The van der Waals surface area contributed by atoms with Crippen LogP contribution in [0.1, 0.15) is 29.2 Å². The lowest BCUT2D eigenvalue weighted by atomic mass is 9.81. The van der Waals surface area contributed by atoms with Crippen LogP contribution in [0.3, 0.4) is 0 Å². The Kier molecular flexibility index (Phi) is 5.68. The minimum Gasteiger partial charge on any atom is -0.394 e. The third-order valence-corrected chi connectivity index (χ3v) is 9.37. The number of likely N-dealkylation sites (N-methyl/N-ethyl adjacent to an activating group) is 1. The molecule has 1 N–H and O–H groups in total. The van der Waals surface area contributed by atoms with Gasteiger partial charge in [0.2, 0.25) is 10.0 Å². The molecule has 174 valence electrons. The van der Waals surface area contributed by atoms with E-state index in [1.54, 1.807) is 28.6 Å². The van der Waals surface area contributed by atoms with Gasteiger partial charge < -0.3 is 10.0 Å². The van der Waals surface area contributed by atoms with E-state index in [0.29, 0.717) is 23.4 Å². The first-order chi connectivity index (χ1) is 16.4. The molecule has 0 saturated carbocycles. The van der Waals surface area contributed by atoms with Crippen molar-refractivity contribution < 1.29 is 13.5 Å². The molecule has 2 aliphatic heterocycles. The van der Waals surface area contributed by atoms with Crippen molar-refractivity contribution >= 4 is 15.7 Å². The Labute approximate surface area is 200 Å². The van der Waals surface area contributed by atoms with Crippen molar-refractivity contribution in [2.24, 2.45) is 5.92 Å². The zero-order valence-corrected chi connectivity index (χ0v) is 20.0. The van der Waals surface area contributed by atoms with Crippen LogP contribution in [-0.2, 0) is 10.0 Å². The first-order valence-corrected chi connectivity index (χ1v) is 12.9. The van der Waals surface area contributed by atoms with Crippen LogP contribution in [0.2, 0.25) is 0 Å². The molecule has 7 heteroatoms. The number of aliphatic hydroxyl groups excluding tert-OH is 1. The van der Waals surface area contributed by atoms with E-state index in [9.17, 15) is 13.5 Å². The number of sulfonamides is 1. The fraction of sp³-hybridized carbons (Fsp3) is 0.296. The molecule has 2 aliphatic rings. The molecule has 0 amide bonds. The molecular formula is C27H27N3O3S. The molecule has 3 atom stereocenters. The molecule has 0 bridgehead atoms. The summed E-state index contributed by atoms with van der Waals surface area (Å²) >= 11 is 0. The Morgan fingerprint density at radius 1 is 1.06 bits per heavy atom. The number of fused-ring (bicyclic) bond motifs is 3. The highest BCUT2D eigenvalue weighted by molar-refractivity contribution is 7.89. The number of anilines is 1. The van der Waals surface area contributed by atoms with Gasteiger partial charge in [0.15, 0.2) is 0 Å². The normalized spacial score (nSPS) is 22.2. The number of hydrogen-bond acceptors (Lipinski definition) is 5. The van der Waals surface area contributed by atoms with Gasteiger partial charge in [-0.1, -0.05) is 36.4 Å². The van der Waals surface area contributed by atoms with Gasteiger partial charge in [-0.05, 0) is 65.9 Å². The van der Waals surface area contributed by atoms with E-state index < -0.39 is 10.0 Å². The first kappa shape index (κ1) is 22.6. The van der Waals surface area contributed by atoms with Gasteiger partial charge in [0.25, 0.3) is 0 Å².